The van der Waals surface area contributed by atoms with Crippen LogP contribution >= 0.6 is 0 Å². The van der Waals surface area contributed by atoms with Gasteiger partial charge >= 0.3 is 12.2 Å². The van der Waals surface area contributed by atoms with E-state index in [2.05, 4.69) is 5.32 Å². The molecule has 160 valence electrons. The number of phenols is 1. The molecule has 0 saturated carbocycles. The lowest BCUT2D eigenvalue weighted by molar-refractivity contribution is -0.153. The summed E-state index contributed by atoms with van der Waals surface area (Å²) in [6, 6.07) is 11.5. The average molecular weight is 422 g/mol. The predicted octanol–water partition coefficient (Wildman–Crippen LogP) is 4.46. The lowest BCUT2D eigenvalue weighted by atomic mass is 9.89. The van der Waals surface area contributed by atoms with E-state index in [1.54, 1.807) is 18.2 Å². The zero-order valence-corrected chi connectivity index (χ0v) is 16.0. The normalized spacial score (nSPS) is 15.0. The third kappa shape index (κ3) is 5.65. The zero-order chi connectivity index (χ0) is 21.7. The number of rotatable bonds is 5. The first-order chi connectivity index (χ1) is 14.2. The van der Waals surface area contributed by atoms with Crippen LogP contribution in [-0.2, 0) is 0 Å². The molecule has 2 aromatic carbocycles. The maximum Gasteiger partial charge on any atom is 0.422 e. The second kappa shape index (κ2) is 9.06. The summed E-state index contributed by atoms with van der Waals surface area (Å²) in [5.74, 6) is -0.264. The van der Waals surface area contributed by atoms with Crippen LogP contribution in [0.15, 0.2) is 48.5 Å². The number of alkyl halides is 3. The van der Waals surface area contributed by atoms with Gasteiger partial charge in [0.1, 0.15) is 11.5 Å². The summed E-state index contributed by atoms with van der Waals surface area (Å²) < 4.78 is 42.0. The Bertz CT molecular complexity index is 892. The third-order valence-corrected chi connectivity index (χ3v) is 4.82. The molecule has 0 unspecified atom stereocenters. The molecule has 2 aromatic rings. The van der Waals surface area contributed by atoms with Gasteiger partial charge in [0.25, 0.3) is 0 Å². The number of hydrogen-bond acceptors (Lipinski definition) is 4. The number of phenolic OH excluding ortho intramolecular Hbond substituents is 1. The number of halogens is 3. The van der Waals surface area contributed by atoms with E-state index in [0.29, 0.717) is 31.5 Å². The zero-order valence-electron chi connectivity index (χ0n) is 16.0. The quantitative estimate of drug-likeness (QED) is 0.698. The molecule has 2 N–H and O–H groups in total. The van der Waals surface area contributed by atoms with E-state index in [1.165, 1.54) is 35.2 Å². The number of aromatic hydroxyl groups is 1. The van der Waals surface area contributed by atoms with E-state index in [-0.39, 0.29) is 28.9 Å². The van der Waals surface area contributed by atoms with Crippen molar-refractivity contribution in [1.82, 2.24) is 4.90 Å². The fraction of sp³-hybridized carbons (Fsp3) is 0.333. The molecule has 0 atom stereocenters. The molecule has 1 aliphatic rings. The second-order valence-electron chi connectivity index (χ2n) is 7.00. The molecule has 0 aliphatic carbocycles. The predicted molar refractivity (Wildman–Crippen MR) is 104 cm³/mol. The molecule has 0 spiro atoms. The molecule has 0 bridgehead atoms. The smallest absolute Gasteiger partial charge is 0.422 e. The van der Waals surface area contributed by atoms with Gasteiger partial charge in [0.05, 0.1) is 5.69 Å². The van der Waals surface area contributed by atoms with Crippen molar-refractivity contribution in [3.63, 3.8) is 0 Å². The summed E-state index contributed by atoms with van der Waals surface area (Å²) in [6.07, 6.45) is -3.54. The molecule has 1 fully saturated rings. The minimum absolute atomic E-state index is 0.0408. The first-order valence-electron chi connectivity index (χ1n) is 9.41. The lowest BCUT2D eigenvalue weighted by Crippen LogP contribution is -2.42. The first kappa shape index (κ1) is 21.5. The summed E-state index contributed by atoms with van der Waals surface area (Å²) in [5.41, 5.74) is 0.653. The van der Waals surface area contributed by atoms with Crippen LogP contribution in [0.4, 0.5) is 23.7 Å². The molecule has 6 nitrogen and oxygen atoms in total. The maximum absolute atomic E-state index is 12.6. The number of anilines is 1. The van der Waals surface area contributed by atoms with E-state index in [4.69, 9.17) is 4.74 Å². The molecule has 1 saturated heterocycles. The molecule has 9 heteroatoms. The highest BCUT2D eigenvalue weighted by atomic mass is 19.4. The number of carbonyl (C=O) groups excluding carboxylic acids is 2. The number of benzene rings is 2. The Kier molecular flexibility index (Phi) is 6.49. The van der Waals surface area contributed by atoms with E-state index in [0.717, 1.165) is 0 Å². The number of ether oxygens (including phenoxy) is 1. The van der Waals surface area contributed by atoms with E-state index in [9.17, 15) is 27.9 Å². The number of nitrogens with one attached hydrogen (secondary N) is 1. The Labute approximate surface area is 171 Å². The highest BCUT2D eigenvalue weighted by molar-refractivity contribution is 5.98. The number of urea groups is 1. The van der Waals surface area contributed by atoms with Crippen molar-refractivity contribution < 1.29 is 32.6 Å². The number of carbonyl (C=O) groups is 2. The van der Waals surface area contributed by atoms with Gasteiger partial charge in [0.2, 0.25) is 0 Å². The van der Waals surface area contributed by atoms with Crippen LogP contribution in [0.3, 0.4) is 0 Å². The molecule has 1 aliphatic heterocycles. The van der Waals surface area contributed by atoms with E-state index >= 15 is 0 Å². The second-order valence-corrected chi connectivity index (χ2v) is 7.00. The molecule has 3 rings (SSSR count). The summed E-state index contributed by atoms with van der Waals surface area (Å²) in [4.78, 5) is 26.6. The number of piperidine rings is 1. The minimum Gasteiger partial charge on any atom is -0.508 e. The van der Waals surface area contributed by atoms with Crippen LogP contribution in [-0.4, -0.2) is 47.7 Å². The van der Waals surface area contributed by atoms with Gasteiger partial charge in [-0.1, -0.05) is 12.1 Å². The van der Waals surface area contributed by atoms with Crippen LogP contribution < -0.4 is 10.1 Å². The summed E-state index contributed by atoms with van der Waals surface area (Å²) >= 11 is 0. The number of amides is 2. The fourth-order valence-corrected chi connectivity index (χ4v) is 3.26. The van der Waals surface area contributed by atoms with Crippen LogP contribution in [0.5, 0.6) is 11.5 Å². The Hall–Kier alpha value is -3.23. The van der Waals surface area contributed by atoms with Gasteiger partial charge in [-0.25, -0.2) is 4.79 Å². The highest BCUT2D eigenvalue weighted by Crippen LogP contribution is 2.28. The monoisotopic (exact) mass is 422 g/mol. The number of Topliss-reactive ketones (excluding diaryl/α,β-unsaturated/α-hetero) is 1. The summed E-state index contributed by atoms with van der Waals surface area (Å²) in [6.45, 7) is -0.775. The number of hydrogen-bond donors (Lipinski definition) is 2. The van der Waals surface area contributed by atoms with Crippen molar-refractivity contribution in [3.05, 3.63) is 54.1 Å². The van der Waals surface area contributed by atoms with Crippen molar-refractivity contribution in [2.75, 3.05) is 25.0 Å². The number of ketones is 1. The van der Waals surface area contributed by atoms with Crippen LogP contribution in [0.2, 0.25) is 0 Å². The van der Waals surface area contributed by atoms with Crippen molar-refractivity contribution in [3.8, 4) is 11.5 Å². The van der Waals surface area contributed by atoms with E-state index in [1.807, 2.05) is 0 Å². The number of para-hydroxylation sites is 2. The van der Waals surface area contributed by atoms with Crippen LogP contribution in [0.1, 0.15) is 23.2 Å². The SMILES string of the molecule is O=C(c1ccc(O)cc1)C1CCN(C(=O)Nc2ccccc2OCC(F)(F)F)CC1. The number of likely N-dealkylation sites (tertiary alicyclic amines) is 1. The molecule has 0 aromatic heterocycles. The van der Waals surface area contributed by atoms with Crippen molar-refractivity contribution >= 4 is 17.5 Å². The van der Waals surface area contributed by atoms with Crippen molar-refractivity contribution in [1.29, 1.82) is 0 Å². The molecular formula is C21H21F3N2O4. The molecule has 0 radical (unpaired) electrons. The first-order valence-corrected chi connectivity index (χ1v) is 9.41. The Morgan fingerprint density at radius 1 is 1.07 bits per heavy atom. The van der Waals surface area contributed by atoms with Crippen molar-refractivity contribution in [2.24, 2.45) is 5.92 Å². The standard InChI is InChI=1S/C21H21F3N2O4/c22-21(23,24)13-30-18-4-2-1-3-17(18)25-20(29)26-11-9-15(10-12-26)19(28)14-5-7-16(27)8-6-14/h1-8,15,27H,9-13H2,(H,25,29). The van der Waals surface area contributed by atoms with Gasteiger partial charge in [-0.3, -0.25) is 4.79 Å². The Morgan fingerprint density at radius 3 is 2.33 bits per heavy atom. The highest BCUT2D eigenvalue weighted by Gasteiger charge is 2.30. The largest absolute Gasteiger partial charge is 0.508 e. The van der Waals surface area contributed by atoms with Gasteiger partial charge in [0, 0.05) is 24.6 Å². The van der Waals surface area contributed by atoms with Gasteiger partial charge in [-0.05, 0) is 49.2 Å². The third-order valence-electron chi connectivity index (χ3n) is 4.82. The van der Waals surface area contributed by atoms with Crippen LogP contribution in [0, 0.1) is 5.92 Å². The van der Waals surface area contributed by atoms with Gasteiger partial charge in [-0.2, -0.15) is 13.2 Å². The van der Waals surface area contributed by atoms with E-state index < -0.39 is 18.8 Å². The molecular weight excluding hydrogens is 401 g/mol. The Morgan fingerprint density at radius 2 is 1.70 bits per heavy atom. The van der Waals surface area contributed by atoms with Crippen molar-refractivity contribution in [2.45, 2.75) is 19.0 Å². The molecule has 30 heavy (non-hydrogen) atoms. The summed E-state index contributed by atoms with van der Waals surface area (Å²) in [5, 5.41) is 11.9. The van der Waals surface area contributed by atoms with Crippen LogP contribution in [0.25, 0.3) is 0 Å². The topological polar surface area (TPSA) is 78.9 Å². The molecule has 1 heterocycles. The minimum atomic E-state index is -4.48. The Balaban J connectivity index is 1.56. The lowest BCUT2D eigenvalue weighted by Gasteiger charge is -2.31. The average Bonchev–Trinajstić information content (AvgIpc) is 2.72. The summed E-state index contributed by atoms with van der Waals surface area (Å²) in [7, 11) is 0. The molecule has 2 amide bonds. The van der Waals surface area contributed by atoms with Gasteiger partial charge in [0.15, 0.2) is 12.4 Å². The van der Waals surface area contributed by atoms with Gasteiger partial charge < -0.3 is 20.1 Å². The number of nitrogens with zero attached hydrogens (tertiary/aromatic N) is 1. The maximum atomic E-state index is 12.6. The van der Waals surface area contributed by atoms with Gasteiger partial charge in [-0.15, -0.1) is 0 Å². The fourth-order valence-electron chi connectivity index (χ4n) is 3.26.